The monoisotopic (exact) mass is 427 g/mol. The van der Waals surface area contributed by atoms with Crippen LogP contribution in [0.25, 0.3) is 10.9 Å². The Kier molecular flexibility index (Phi) is 6.72. The molecule has 0 aliphatic heterocycles. The van der Waals surface area contributed by atoms with Crippen LogP contribution >= 0.6 is 0 Å². The Morgan fingerprint density at radius 3 is 2.55 bits per heavy atom. The number of amides is 1. The second-order valence-corrected chi connectivity index (χ2v) is 9.07. The van der Waals surface area contributed by atoms with Gasteiger partial charge in [-0.3, -0.25) is 9.78 Å². The lowest BCUT2D eigenvalue weighted by Gasteiger charge is -2.29. The van der Waals surface area contributed by atoms with Crippen molar-refractivity contribution in [2.24, 2.45) is 5.41 Å². The number of rotatable bonds is 7. The minimum Gasteiger partial charge on any atom is -0.491 e. The van der Waals surface area contributed by atoms with Gasteiger partial charge in [0.25, 0.3) is 0 Å². The largest absolute Gasteiger partial charge is 0.491 e. The van der Waals surface area contributed by atoms with Crippen molar-refractivity contribution >= 4 is 28.5 Å². The van der Waals surface area contributed by atoms with Gasteiger partial charge in [0, 0.05) is 6.04 Å². The number of anilines is 1. The first-order valence-corrected chi connectivity index (χ1v) is 11.0. The summed E-state index contributed by atoms with van der Waals surface area (Å²) >= 11 is 0. The molecule has 0 spiro atoms. The van der Waals surface area contributed by atoms with Gasteiger partial charge in [-0.15, -0.1) is 0 Å². The second-order valence-electron chi connectivity index (χ2n) is 9.07. The number of aryl methyl sites for hydroxylation is 2. The third-order valence-electron chi connectivity index (χ3n) is 6.13. The van der Waals surface area contributed by atoms with E-state index in [1.807, 2.05) is 32.9 Å². The quantitative estimate of drug-likeness (QED) is 0.609. The van der Waals surface area contributed by atoms with Crippen LogP contribution in [0.2, 0.25) is 0 Å². The number of ether oxygens (including phenoxy) is 1. The van der Waals surface area contributed by atoms with E-state index < -0.39 is 11.4 Å². The van der Waals surface area contributed by atoms with Gasteiger partial charge in [-0.1, -0.05) is 32.3 Å². The molecule has 31 heavy (non-hydrogen) atoms. The summed E-state index contributed by atoms with van der Waals surface area (Å²) in [5.41, 5.74) is 7.49. The Labute approximate surface area is 183 Å². The van der Waals surface area contributed by atoms with Gasteiger partial charge in [-0.25, -0.2) is 4.79 Å². The van der Waals surface area contributed by atoms with Gasteiger partial charge in [0.05, 0.1) is 27.7 Å². The van der Waals surface area contributed by atoms with Crippen LogP contribution in [-0.2, 0) is 11.2 Å². The minimum atomic E-state index is -1.12. The number of nitrogen functional groups attached to an aromatic ring is 1. The SMILES string of the molecule is CCc1ccc2nc(C)c(C(=O)O)c(N)c2c1OCC(C)(C)C(=O)NC1CCCCC1. The molecule has 0 saturated heterocycles. The fourth-order valence-corrected chi connectivity index (χ4v) is 4.18. The fourth-order valence-electron chi connectivity index (χ4n) is 4.18. The van der Waals surface area contributed by atoms with Gasteiger partial charge >= 0.3 is 5.97 Å². The van der Waals surface area contributed by atoms with Gasteiger partial charge < -0.3 is 20.9 Å². The number of carboxylic acid groups (broad SMARTS) is 1. The molecule has 1 saturated carbocycles. The number of benzene rings is 1. The molecule has 1 aliphatic rings. The van der Waals surface area contributed by atoms with E-state index in [2.05, 4.69) is 10.3 Å². The number of nitrogens with zero attached hydrogens (tertiary/aromatic N) is 1. The first-order chi connectivity index (χ1) is 14.7. The molecule has 1 aromatic heterocycles. The summed E-state index contributed by atoms with van der Waals surface area (Å²) in [5.74, 6) is -0.652. The number of pyridine rings is 1. The fraction of sp³-hybridized carbons (Fsp3) is 0.542. The average Bonchev–Trinajstić information content (AvgIpc) is 2.72. The topological polar surface area (TPSA) is 115 Å². The number of aromatic carboxylic acids is 1. The first-order valence-electron chi connectivity index (χ1n) is 11.0. The maximum atomic E-state index is 12.9. The summed E-state index contributed by atoms with van der Waals surface area (Å²) in [6.45, 7) is 7.48. The Morgan fingerprint density at radius 1 is 1.26 bits per heavy atom. The van der Waals surface area contributed by atoms with Crippen molar-refractivity contribution in [1.29, 1.82) is 0 Å². The lowest BCUT2D eigenvalue weighted by Crippen LogP contribution is -2.46. The van der Waals surface area contributed by atoms with Crippen molar-refractivity contribution in [3.05, 3.63) is 29.0 Å². The number of hydrogen-bond donors (Lipinski definition) is 3. The Hall–Kier alpha value is -2.83. The Bertz CT molecular complexity index is 994. The zero-order valence-corrected chi connectivity index (χ0v) is 18.9. The molecule has 1 aromatic carbocycles. The third kappa shape index (κ3) is 4.75. The molecule has 0 unspecified atom stereocenters. The molecule has 7 nitrogen and oxygen atoms in total. The van der Waals surface area contributed by atoms with E-state index in [-0.39, 0.29) is 29.8 Å². The molecule has 0 atom stereocenters. The van der Waals surface area contributed by atoms with Gasteiger partial charge in [0.15, 0.2) is 0 Å². The highest BCUT2D eigenvalue weighted by molar-refractivity contribution is 6.07. The number of hydrogen-bond acceptors (Lipinski definition) is 5. The van der Waals surface area contributed by atoms with Crippen LogP contribution < -0.4 is 15.8 Å². The summed E-state index contributed by atoms with van der Waals surface area (Å²) in [4.78, 5) is 29.1. The van der Waals surface area contributed by atoms with Crippen LogP contribution in [0.15, 0.2) is 12.1 Å². The number of nitrogens with one attached hydrogen (secondary N) is 1. The van der Waals surface area contributed by atoms with E-state index in [0.29, 0.717) is 28.8 Å². The van der Waals surface area contributed by atoms with Gasteiger partial charge in [0.2, 0.25) is 5.91 Å². The summed E-state index contributed by atoms with van der Waals surface area (Å²) in [6, 6.07) is 3.97. The van der Waals surface area contributed by atoms with Gasteiger partial charge in [-0.05, 0) is 51.7 Å². The van der Waals surface area contributed by atoms with Crippen LogP contribution in [0, 0.1) is 12.3 Å². The number of carbonyl (C=O) groups is 2. The number of carboxylic acids is 1. The minimum absolute atomic E-state index is 0.0140. The second kappa shape index (κ2) is 9.12. The zero-order valence-electron chi connectivity index (χ0n) is 18.9. The molecular weight excluding hydrogens is 394 g/mol. The average molecular weight is 428 g/mol. The lowest BCUT2D eigenvalue weighted by molar-refractivity contribution is -0.131. The summed E-state index contributed by atoms with van der Waals surface area (Å²) < 4.78 is 6.20. The van der Waals surface area contributed by atoms with E-state index >= 15 is 0 Å². The molecule has 1 fully saturated rings. The maximum Gasteiger partial charge on any atom is 0.339 e. The van der Waals surface area contributed by atoms with E-state index in [9.17, 15) is 14.7 Å². The predicted molar refractivity (Wildman–Crippen MR) is 122 cm³/mol. The molecule has 3 rings (SSSR count). The summed E-state index contributed by atoms with van der Waals surface area (Å²) in [5, 5.41) is 13.3. The number of carbonyl (C=O) groups excluding carboxylic acids is 1. The normalized spacial score (nSPS) is 15.1. The number of fused-ring (bicyclic) bond motifs is 1. The highest BCUT2D eigenvalue weighted by atomic mass is 16.5. The molecule has 7 heteroatoms. The predicted octanol–water partition coefficient (Wildman–Crippen LogP) is 4.24. The third-order valence-corrected chi connectivity index (χ3v) is 6.13. The summed E-state index contributed by atoms with van der Waals surface area (Å²) in [7, 11) is 0. The van der Waals surface area contributed by atoms with Crippen LogP contribution in [0.5, 0.6) is 5.75 Å². The van der Waals surface area contributed by atoms with Crippen molar-refractivity contribution < 1.29 is 19.4 Å². The Morgan fingerprint density at radius 2 is 1.94 bits per heavy atom. The van der Waals surface area contributed by atoms with Crippen molar-refractivity contribution in [1.82, 2.24) is 10.3 Å². The van der Waals surface area contributed by atoms with Crippen LogP contribution in [-0.4, -0.2) is 34.6 Å². The summed E-state index contributed by atoms with van der Waals surface area (Å²) in [6.07, 6.45) is 6.24. The molecule has 1 amide bonds. The van der Waals surface area contributed by atoms with E-state index in [0.717, 1.165) is 31.2 Å². The standard InChI is InChI=1S/C24H33N3O4/c1-5-15-11-12-17-19(20(25)18(22(28)29)14(2)26-17)21(15)31-13-24(3,4)23(30)27-16-9-7-6-8-10-16/h11-12,16H,5-10,13H2,1-4H3,(H2,25,26)(H,27,30)(H,28,29). The first kappa shape index (κ1) is 22.8. The highest BCUT2D eigenvalue weighted by Gasteiger charge is 2.31. The molecule has 2 aromatic rings. The molecule has 1 heterocycles. The lowest BCUT2D eigenvalue weighted by atomic mass is 9.90. The van der Waals surface area contributed by atoms with Crippen LogP contribution in [0.4, 0.5) is 5.69 Å². The van der Waals surface area contributed by atoms with E-state index in [4.69, 9.17) is 10.5 Å². The molecular formula is C24H33N3O4. The van der Waals surface area contributed by atoms with E-state index in [1.165, 1.54) is 6.42 Å². The van der Waals surface area contributed by atoms with Crippen molar-refractivity contribution in [2.45, 2.75) is 72.3 Å². The molecule has 0 bridgehead atoms. The van der Waals surface area contributed by atoms with Crippen molar-refractivity contribution in [3.63, 3.8) is 0 Å². The van der Waals surface area contributed by atoms with Gasteiger partial charge in [0.1, 0.15) is 17.9 Å². The number of aromatic nitrogens is 1. The molecule has 168 valence electrons. The van der Waals surface area contributed by atoms with Crippen LogP contribution in [0.3, 0.4) is 0 Å². The highest BCUT2D eigenvalue weighted by Crippen LogP contribution is 2.37. The van der Waals surface area contributed by atoms with Crippen molar-refractivity contribution in [2.75, 3.05) is 12.3 Å². The van der Waals surface area contributed by atoms with Gasteiger partial charge in [-0.2, -0.15) is 0 Å². The zero-order chi connectivity index (χ0) is 22.8. The molecule has 4 N–H and O–H groups in total. The maximum absolute atomic E-state index is 12.9. The molecule has 0 radical (unpaired) electrons. The smallest absolute Gasteiger partial charge is 0.339 e. The number of nitrogens with two attached hydrogens (primary N) is 1. The van der Waals surface area contributed by atoms with Crippen molar-refractivity contribution in [3.8, 4) is 5.75 Å². The Balaban J connectivity index is 1.91. The molecule has 1 aliphatic carbocycles. The van der Waals surface area contributed by atoms with Crippen LogP contribution in [0.1, 0.15) is 74.5 Å². The van der Waals surface area contributed by atoms with E-state index in [1.54, 1.807) is 6.92 Å².